The molecule has 150 valence electrons. The molecule has 1 aliphatic carbocycles. The molecule has 1 fully saturated rings. The van der Waals surface area contributed by atoms with Gasteiger partial charge in [0, 0.05) is 37.0 Å². The Bertz CT molecular complexity index is 848. The van der Waals surface area contributed by atoms with Crippen molar-refractivity contribution >= 4 is 5.91 Å². The van der Waals surface area contributed by atoms with Crippen LogP contribution in [0.25, 0.3) is 5.69 Å². The van der Waals surface area contributed by atoms with E-state index in [4.69, 9.17) is 5.10 Å². The summed E-state index contributed by atoms with van der Waals surface area (Å²) in [5.74, 6) is 0.284. The van der Waals surface area contributed by atoms with Crippen LogP contribution in [0.15, 0.2) is 24.3 Å². The molecule has 2 heterocycles. The van der Waals surface area contributed by atoms with Crippen LogP contribution < -0.4 is 0 Å². The monoisotopic (exact) mass is 380 g/mol. The molecule has 0 spiro atoms. The molecule has 2 aliphatic rings. The summed E-state index contributed by atoms with van der Waals surface area (Å²) in [5, 5.41) is 5.05. The normalized spacial score (nSPS) is 17.0. The zero-order chi connectivity index (χ0) is 19.8. The Hall–Kier alpha value is -2.14. The highest BCUT2D eigenvalue weighted by atomic mass is 16.2. The van der Waals surface area contributed by atoms with Crippen LogP contribution in [-0.4, -0.2) is 44.6 Å². The average molecular weight is 381 g/mol. The predicted molar refractivity (Wildman–Crippen MR) is 111 cm³/mol. The van der Waals surface area contributed by atoms with Gasteiger partial charge in [-0.2, -0.15) is 5.10 Å². The summed E-state index contributed by atoms with van der Waals surface area (Å²) in [7, 11) is 0. The molecule has 1 aromatic heterocycles. The summed E-state index contributed by atoms with van der Waals surface area (Å²) in [6.45, 7) is 12.0. The molecular weight excluding hydrogens is 348 g/mol. The number of aryl methyl sites for hydroxylation is 1. The fourth-order valence-electron chi connectivity index (χ4n) is 4.10. The van der Waals surface area contributed by atoms with Gasteiger partial charge in [0.2, 0.25) is 5.91 Å². The smallest absolute Gasteiger partial charge is 0.225 e. The summed E-state index contributed by atoms with van der Waals surface area (Å²) in [6, 6.07) is 8.99. The summed E-state index contributed by atoms with van der Waals surface area (Å²) >= 11 is 0. The maximum atomic E-state index is 12.8. The van der Waals surface area contributed by atoms with Gasteiger partial charge in [-0.25, -0.2) is 4.68 Å². The Kier molecular flexibility index (Phi) is 5.28. The molecule has 0 saturated heterocycles. The lowest BCUT2D eigenvalue weighted by Crippen LogP contribution is -2.36. The zero-order valence-corrected chi connectivity index (χ0v) is 17.6. The van der Waals surface area contributed by atoms with Crippen LogP contribution in [0, 0.1) is 12.8 Å². The van der Waals surface area contributed by atoms with Crippen LogP contribution in [0.1, 0.15) is 56.1 Å². The Balaban J connectivity index is 1.72. The Morgan fingerprint density at radius 3 is 2.57 bits per heavy atom. The van der Waals surface area contributed by atoms with Gasteiger partial charge in [-0.05, 0) is 38.4 Å². The summed E-state index contributed by atoms with van der Waals surface area (Å²) < 4.78 is 2.13. The maximum Gasteiger partial charge on any atom is 0.225 e. The first-order valence-corrected chi connectivity index (χ1v) is 10.7. The van der Waals surface area contributed by atoms with Crippen molar-refractivity contribution in [2.24, 2.45) is 5.92 Å². The number of carbonyl (C=O) groups excluding carboxylic acids is 1. The molecule has 28 heavy (non-hydrogen) atoms. The quantitative estimate of drug-likeness (QED) is 0.767. The Labute approximate surface area is 168 Å². The van der Waals surface area contributed by atoms with Crippen molar-refractivity contribution in [3.05, 3.63) is 46.8 Å². The van der Waals surface area contributed by atoms with E-state index in [-0.39, 0.29) is 11.8 Å². The SMILES string of the molecule is CCN1CCc2c(c(CN(C(=O)C(C)C)C3CC3)nn2-c2ccc(C)cc2)C1. The number of benzene rings is 1. The van der Waals surface area contributed by atoms with E-state index >= 15 is 0 Å². The molecule has 1 amide bonds. The van der Waals surface area contributed by atoms with Crippen LogP contribution >= 0.6 is 0 Å². The number of aromatic nitrogens is 2. The lowest BCUT2D eigenvalue weighted by Gasteiger charge is -2.28. The van der Waals surface area contributed by atoms with Crippen molar-refractivity contribution in [2.75, 3.05) is 13.1 Å². The average Bonchev–Trinajstić information content (AvgIpc) is 3.48. The third-order valence-electron chi connectivity index (χ3n) is 6.03. The van der Waals surface area contributed by atoms with Gasteiger partial charge in [0.25, 0.3) is 0 Å². The highest BCUT2D eigenvalue weighted by Crippen LogP contribution is 2.32. The van der Waals surface area contributed by atoms with E-state index in [1.807, 2.05) is 13.8 Å². The van der Waals surface area contributed by atoms with E-state index < -0.39 is 0 Å². The van der Waals surface area contributed by atoms with Crippen LogP contribution in [0.2, 0.25) is 0 Å². The predicted octanol–water partition coefficient (Wildman–Crippen LogP) is 3.71. The van der Waals surface area contributed by atoms with Crippen LogP contribution in [-0.2, 0) is 24.3 Å². The van der Waals surface area contributed by atoms with E-state index in [9.17, 15) is 4.79 Å². The van der Waals surface area contributed by atoms with Gasteiger partial charge in [0.05, 0.1) is 23.6 Å². The van der Waals surface area contributed by atoms with Gasteiger partial charge in [-0.3, -0.25) is 9.69 Å². The van der Waals surface area contributed by atoms with Gasteiger partial charge in [-0.1, -0.05) is 38.5 Å². The largest absolute Gasteiger partial charge is 0.334 e. The second-order valence-corrected chi connectivity index (χ2v) is 8.59. The van der Waals surface area contributed by atoms with Crippen LogP contribution in [0.5, 0.6) is 0 Å². The number of likely N-dealkylation sites (N-methyl/N-ethyl adjacent to an activating group) is 1. The van der Waals surface area contributed by atoms with Gasteiger partial charge in [0.1, 0.15) is 0 Å². The van der Waals surface area contributed by atoms with E-state index in [2.05, 4.69) is 52.6 Å². The molecule has 1 aromatic carbocycles. The number of hydrogen-bond donors (Lipinski definition) is 0. The standard InChI is InChI=1S/C23H32N4O/c1-5-25-13-12-22-20(14-25)21(15-26(18-10-11-18)23(28)16(2)3)24-27(22)19-8-6-17(4)7-9-19/h6-9,16,18H,5,10-15H2,1-4H3. The Morgan fingerprint density at radius 2 is 1.96 bits per heavy atom. The fraction of sp³-hybridized carbons (Fsp3) is 0.565. The minimum absolute atomic E-state index is 0.0303. The van der Waals surface area contributed by atoms with E-state index in [0.29, 0.717) is 12.6 Å². The molecule has 5 nitrogen and oxygen atoms in total. The molecule has 0 unspecified atom stereocenters. The molecule has 0 bridgehead atoms. The first kappa shape index (κ1) is 19.2. The second kappa shape index (κ2) is 7.70. The molecule has 1 aliphatic heterocycles. The number of amides is 1. The second-order valence-electron chi connectivity index (χ2n) is 8.59. The van der Waals surface area contributed by atoms with Crippen molar-refractivity contribution in [1.82, 2.24) is 19.6 Å². The fourth-order valence-corrected chi connectivity index (χ4v) is 4.10. The minimum Gasteiger partial charge on any atom is -0.334 e. The van der Waals surface area contributed by atoms with E-state index in [1.165, 1.54) is 16.8 Å². The topological polar surface area (TPSA) is 41.4 Å². The molecular formula is C23H32N4O. The third kappa shape index (κ3) is 3.72. The van der Waals surface area contributed by atoms with Crippen molar-refractivity contribution in [1.29, 1.82) is 0 Å². The molecule has 1 saturated carbocycles. The van der Waals surface area contributed by atoms with Crippen LogP contribution in [0.4, 0.5) is 0 Å². The minimum atomic E-state index is 0.0303. The van der Waals surface area contributed by atoms with Gasteiger partial charge in [-0.15, -0.1) is 0 Å². The van der Waals surface area contributed by atoms with Gasteiger partial charge >= 0.3 is 0 Å². The summed E-state index contributed by atoms with van der Waals surface area (Å²) in [6.07, 6.45) is 3.26. The van der Waals surface area contributed by atoms with Gasteiger partial charge < -0.3 is 4.90 Å². The zero-order valence-electron chi connectivity index (χ0n) is 17.6. The number of rotatable bonds is 6. The number of hydrogen-bond acceptors (Lipinski definition) is 3. The van der Waals surface area contributed by atoms with Gasteiger partial charge in [0.15, 0.2) is 0 Å². The number of carbonyl (C=O) groups is 1. The molecule has 0 N–H and O–H groups in total. The summed E-state index contributed by atoms with van der Waals surface area (Å²) in [4.78, 5) is 17.4. The van der Waals surface area contributed by atoms with Crippen molar-refractivity contribution in [2.45, 2.75) is 66.1 Å². The van der Waals surface area contributed by atoms with Crippen molar-refractivity contribution < 1.29 is 4.79 Å². The Morgan fingerprint density at radius 1 is 1.25 bits per heavy atom. The first-order chi connectivity index (χ1) is 13.5. The first-order valence-electron chi connectivity index (χ1n) is 10.7. The highest BCUT2D eigenvalue weighted by Gasteiger charge is 2.35. The molecule has 0 radical (unpaired) electrons. The molecule has 0 atom stereocenters. The highest BCUT2D eigenvalue weighted by molar-refractivity contribution is 5.78. The molecule has 5 heteroatoms. The summed E-state index contributed by atoms with van der Waals surface area (Å²) in [5.41, 5.74) is 6.10. The van der Waals surface area contributed by atoms with E-state index in [1.54, 1.807) is 0 Å². The van der Waals surface area contributed by atoms with Crippen LogP contribution in [0.3, 0.4) is 0 Å². The van der Waals surface area contributed by atoms with Crippen molar-refractivity contribution in [3.63, 3.8) is 0 Å². The van der Waals surface area contributed by atoms with E-state index in [0.717, 1.165) is 50.3 Å². The lowest BCUT2D eigenvalue weighted by molar-refractivity contribution is -0.135. The number of fused-ring (bicyclic) bond motifs is 1. The molecule has 2 aromatic rings. The maximum absolute atomic E-state index is 12.8. The lowest BCUT2D eigenvalue weighted by atomic mass is 10.0. The third-order valence-corrected chi connectivity index (χ3v) is 6.03. The number of nitrogens with zero attached hydrogens (tertiary/aromatic N) is 4. The van der Waals surface area contributed by atoms with Crippen molar-refractivity contribution in [3.8, 4) is 5.69 Å². The molecule has 4 rings (SSSR count).